The van der Waals surface area contributed by atoms with Crippen molar-refractivity contribution in [3.8, 4) is 17.0 Å². The van der Waals surface area contributed by atoms with Gasteiger partial charge in [0.15, 0.2) is 0 Å². The van der Waals surface area contributed by atoms with E-state index >= 15 is 0 Å². The molecule has 30 heavy (non-hydrogen) atoms. The summed E-state index contributed by atoms with van der Waals surface area (Å²) in [6.45, 7) is 1.04. The van der Waals surface area contributed by atoms with Crippen LogP contribution in [0.25, 0.3) is 11.3 Å². The molecule has 0 spiro atoms. The van der Waals surface area contributed by atoms with Crippen molar-refractivity contribution in [1.82, 2.24) is 15.1 Å². The van der Waals surface area contributed by atoms with Gasteiger partial charge in [0.1, 0.15) is 11.6 Å². The molecule has 2 N–H and O–H groups in total. The largest absolute Gasteiger partial charge is 0.507 e. The maximum absolute atomic E-state index is 12.9. The number of phenolic OH excluding ortho intramolecular Hbond substituents is 1. The second-order valence-corrected chi connectivity index (χ2v) is 7.32. The van der Waals surface area contributed by atoms with Crippen molar-refractivity contribution in [1.29, 1.82) is 0 Å². The van der Waals surface area contributed by atoms with Crippen molar-refractivity contribution >= 4 is 5.82 Å². The van der Waals surface area contributed by atoms with Gasteiger partial charge in [-0.05, 0) is 56.1 Å². The molecular weight excluding hydrogens is 414 g/mol. The molecule has 0 amide bonds. The zero-order chi connectivity index (χ0) is 22.1. The lowest BCUT2D eigenvalue weighted by Crippen LogP contribution is -2.45. The number of alkyl halides is 6. The highest BCUT2D eigenvalue weighted by atomic mass is 19.4. The first kappa shape index (κ1) is 22.1. The predicted molar refractivity (Wildman–Crippen MR) is 98.0 cm³/mol. The Labute approximate surface area is 168 Å². The number of nitrogens with zero attached hydrogens (tertiary/aromatic N) is 3. The smallest absolute Gasteiger partial charge is 0.416 e. The van der Waals surface area contributed by atoms with Gasteiger partial charge in [-0.2, -0.15) is 26.3 Å². The van der Waals surface area contributed by atoms with Crippen molar-refractivity contribution in [2.45, 2.75) is 38.2 Å². The Kier molecular flexibility index (Phi) is 6.11. The quantitative estimate of drug-likeness (QED) is 0.688. The molecule has 2 heterocycles. The minimum atomic E-state index is -4.58. The third kappa shape index (κ3) is 5.53. The second-order valence-electron chi connectivity index (χ2n) is 7.32. The number of anilines is 1. The summed E-state index contributed by atoms with van der Waals surface area (Å²) in [5.74, 6) is -0.228. The topological polar surface area (TPSA) is 61.3 Å². The molecule has 1 atom stereocenters. The molecule has 11 heteroatoms. The van der Waals surface area contributed by atoms with Crippen molar-refractivity contribution in [2.24, 2.45) is 0 Å². The van der Waals surface area contributed by atoms with E-state index in [0.29, 0.717) is 31.3 Å². The molecule has 0 aliphatic carbocycles. The minimum Gasteiger partial charge on any atom is -0.507 e. The van der Waals surface area contributed by atoms with E-state index in [1.165, 1.54) is 24.0 Å². The maximum atomic E-state index is 12.9. The van der Waals surface area contributed by atoms with Crippen LogP contribution in [0.5, 0.6) is 5.75 Å². The zero-order valence-corrected chi connectivity index (χ0v) is 16.0. The lowest BCUT2D eigenvalue weighted by Gasteiger charge is -2.33. The second kappa shape index (κ2) is 8.29. The molecular formula is C19H20F6N4O. The third-order valence-corrected chi connectivity index (χ3v) is 4.82. The molecule has 1 saturated heterocycles. The van der Waals surface area contributed by atoms with Gasteiger partial charge in [-0.25, -0.2) is 0 Å². The van der Waals surface area contributed by atoms with E-state index in [9.17, 15) is 31.4 Å². The molecule has 3 rings (SSSR count). The van der Waals surface area contributed by atoms with Gasteiger partial charge in [-0.3, -0.25) is 4.90 Å². The van der Waals surface area contributed by atoms with Crippen LogP contribution in [-0.4, -0.2) is 52.1 Å². The van der Waals surface area contributed by atoms with Crippen LogP contribution in [0.4, 0.5) is 32.2 Å². The molecule has 1 fully saturated rings. The maximum Gasteiger partial charge on any atom is 0.416 e. The lowest BCUT2D eigenvalue weighted by atomic mass is 10.0. The molecule has 5 nitrogen and oxygen atoms in total. The highest BCUT2D eigenvalue weighted by molar-refractivity contribution is 5.71. The molecule has 1 aliphatic rings. The number of likely N-dealkylation sites (tertiary alicyclic amines) is 1. The van der Waals surface area contributed by atoms with E-state index in [1.54, 1.807) is 0 Å². The molecule has 0 unspecified atom stereocenters. The van der Waals surface area contributed by atoms with Crippen molar-refractivity contribution in [3.63, 3.8) is 0 Å². The first-order chi connectivity index (χ1) is 13.9. The summed E-state index contributed by atoms with van der Waals surface area (Å²) in [4.78, 5) is 1.33. The molecule has 2 aromatic rings. The Bertz CT molecular complexity index is 859. The summed E-state index contributed by atoms with van der Waals surface area (Å²) in [5.41, 5.74) is -0.455. The third-order valence-electron chi connectivity index (χ3n) is 4.82. The summed E-state index contributed by atoms with van der Waals surface area (Å²) in [6.07, 6.45) is -7.56. The number of aryl methyl sites for hydroxylation is 1. The summed E-state index contributed by atoms with van der Waals surface area (Å²) < 4.78 is 76.4. The van der Waals surface area contributed by atoms with Crippen molar-refractivity contribution in [2.75, 3.05) is 25.0 Å². The average molecular weight is 434 g/mol. The summed E-state index contributed by atoms with van der Waals surface area (Å²) in [6, 6.07) is 4.33. The fraction of sp³-hybridized carbons (Fsp3) is 0.474. The SMILES string of the molecule is Cc1cc(C(F)(F)F)cc(O)c1-c1ccc(N[C@H]2CCCN(CC(F)(F)F)C2)nn1. The van der Waals surface area contributed by atoms with E-state index in [0.717, 1.165) is 6.07 Å². The molecule has 0 saturated carbocycles. The van der Waals surface area contributed by atoms with Crippen LogP contribution in [0.3, 0.4) is 0 Å². The lowest BCUT2D eigenvalue weighted by molar-refractivity contribution is -0.147. The Hall–Kier alpha value is -2.56. The fourth-order valence-electron chi connectivity index (χ4n) is 3.59. The van der Waals surface area contributed by atoms with Gasteiger partial charge < -0.3 is 10.4 Å². The average Bonchev–Trinajstić information content (AvgIpc) is 2.60. The monoisotopic (exact) mass is 434 g/mol. The van der Waals surface area contributed by atoms with Crippen molar-refractivity contribution < 1.29 is 31.4 Å². The summed E-state index contributed by atoms with van der Waals surface area (Å²) >= 11 is 0. The van der Waals surface area contributed by atoms with Gasteiger partial charge >= 0.3 is 12.4 Å². The molecule has 0 bridgehead atoms. The van der Waals surface area contributed by atoms with E-state index in [1.807, 2.05) is 0 Å². The number of benzene rings is 1. The first-order valence-electron chi connectivity index (χ1n) is 9.23. The van der Waals surface area contributed by atoms with Crippen LogP contribution in [-0.2, 0) is 6.18 Å². The van der Waals surface area contributed by atoms with E-state index < -0.39 is 30.2 Å². The number of aromatic nitrogens is 2. The molecule has 164 valence electrons. The minimum absolute atomic E-state index is 0.135. The van der Waals surface area contributed by atoms with Gasteiger partial charge in [-0.1, -0.05) is 0 Å². The molecule has 0 radical (unpaired) electrons. The van der Waals surface area contributed by atoms with Crippen LogP contribution >= 0.6 is 0 Å². The van der Waals surface area contributed by atoms with E-state index in [2.05, 4.69) is 15.5 Å². The summed E-state index contributed by atoms with van der Waals surface area (Å²) in [7, 11) is 0. The van der Waals surface area contributed by atoms with Gasteiger partial charge in [-0.15, -0.1) is 10.2 Å². The van der Waals surface area contributed by atoms with Gasteiger partial charge in [0.2, 0.25) is 0 Å². The number of hydrogen-bond acceptors (Lipinski definition) is 5. The Morgan fingerprint density at radius 1 is 1.13 bits per heavy atom. The van der Waals surface area contributed by atoms with Gasteiger partial charge in [0.25, 0.3) is 0 Å². The molecule has 1 aromatic carbocycles. The Morgan fingerprint density at radius 3 is 2.43 bits per heavy atom. The van der Waals surface area contributed by atoms with Crippen molar-refractivity contribution in [3.05, 3.63) is 35.4 Å². The first-order valence-corrected chi connectivity index (χ1v) is 9.23. The summed E-state index contributed by atoms with van der Waals surface area (Å²) in [5, 5.41) is 21.0. The van der Waals surface area contributed by atoms with Crippen LogP contribution < -0.4 is 5.32 Å². The normalized spacial score (nSPS) is 18.4. The number of nitrogens with one attached hydrogen (secondary N) is 1. The van der Waals surface area contributed by atoms with Crippen LogP contribution in [0.2, 0.25) is 0 Å². The van der Waals surface area contributed by atoms with E-state index in [4.69, 9.17) is 0 Å². The fourth-order valence-corrected chi connectivity index (χ4v) is 3.59. The highest BCUT2D eigenvalue weighted by Crippen LogP contribution is 2.38. The number of halogens is 6. The standard InChI is InChI=1S/C19H20F6N4O/c1-11-7-12(19(23,24)25)8-15(30)17(11)14-4-5-16(28-27-14)26-13-3-2-6-29(9-13)10-18(20,21)22/h4-5,7-8,13,30H,2-3,6,9-10H2,1H3,(H,26,28)/t13-/m0/s1. The van der Waals surface area contributed by atoms with Gasteiger partial charge in [0, 0.05) is 18.2 Å². The number of rotatable bonds is 4. The number of piperidine rings is 1. The number of aromatic hydroxyl groups is 1. The molecule has 1 aliphatic heterocycles. The van der Waals surface area contributed by atoms with Crippen LogP contribution in [0.15, 0.2) is 24.3 Å². The Morgan fingerprint density at radius 2 is 1.87 bits per heavy atom. The van der Waals surface area contributed by atoms with Crippen LogP contribution in [0, 0.1) is 6.92 Å². The Balaban J connectivity index is 1.71. The number of hydrogen-bond donors (Lipinski definition) is 2. The number of phenols is 1. The van der Waals surface area contributed by atoms with Crippen LogP contribution in [0.1, 0.15) is 24.0 Å². The highest BCUT2D eigenvalue weighted by Gasteiger charge is 2.33. The van der Waals surface area contributed by atoms with E-state index in [-0.39, 0.29) is 29.4 Å². The zero-order valence-electron chi connectivity index (χ0n) is 16.0. The van der Waals surface area contributed by atoms with Gasteiger partial charge in [0.05, 0.1) is 17.8 Å². The predicted octanol–water partition coefficient (Wildman–Crippen LogP) is 4.62. The molecule has 1 aromatic heterocycles.